The number of carbonyl (C=O) groups excluding carboxylic acids is 1. The van der Waals surface area contributed by atoms with Gasteiger partial charge in [-0.2, -0.15) is 0 Å². The normalized spacial score (nSPS) is 11.0. The summed E-state index contributed by atoms with van der Waals surface area (Å²) in [6.07, 6.45) is 0. The highest BCUT2D eigenvalue weighted by Crippen LogP contribution is 2.27. The molecule has 1 amide bonds. The first-order chi connectivity index (χ1) is 11.0. The fourth-order valence-electron chi connectivity index (χ4n) is 2.89. The predicted octanol–water partition coefficient (Wildman–Crippen LogP) is 4.50. The van der Waals surface area contributed by atoms with Gasteiger partial charge in [-0.1, -0.05) is 24.3 Å². The third kappa shape index (κ3) is 2.48. The van der Waals surface area contributed by atoms with Gasteiger partial charge in [0.1, 0.15) is 23.0 Å². The van der Waals surface area contributed by atoms with Crippen LogP contribution < -0.4 is 5.32 Å². The number of halogens is 2. The summed E-state index contributed by atoms with van der Waals surface area (Å²) in [6, 6.07) is 11.1. The van der Waals surface area contributed by atoms with E-state index in [1.54, 1.807) is 0 Å². The molecule has 0 bridgehead atoms. The molecule has 23 heavy (non-hydrogen) atoms. The van der Waals surface area contributed by atoms with Gasteiger partial charge in [0, 0.05) is 17.4 Å². The zero-order chi connectivity index (χ0) is 16.6. The van der Waals surface area contributed by atoms with E-state index in [0.29, 0.717) is 12.2 Å². The third-order valence-electron chi connectivity index (χ3n) is 3.96. The molecule has 0 spiro atoms. The summed E-state index contributed by atoms with van der Waals surface area (Å²) in [5, 5.41) is 3.31. The highest BCUT2D eigenvalue weighted by molar-refractivity contribution is 6.08. The molecule has 1 heterocycles. The maximum absolute atomic E-state index is 13.8. The summed E-state index contributed by atoms with van der Waals surface area (Å²) < 4.78 is 29.4. The Labute approximate surface area is 132 Å². The van der Waals surface area contributed by atoms with Crippen molar-refractivity contribution in [2.24, 2.45) is 0 Å². The third-order valence-corrected chi connectivity index (χ3v) is 3.96. The standard InChI is InChI=1S/C18H16F2N2O/c1-3-22-15-10-5-4-7-12(15)11(2)17(22)18(23)21-16-13(19)8-6-9-14(16)20/h4-10H,3H2,1-2H3,(H,21,23). The number of para-hydroxylation sites is 2. The maximum atomic E-state index is 13.8. The van der Waals surface area contributed by atoms with Crippen molar-refractivity contribution < 1.29 is 13.6 Å². The Morgan fingerprint density at radius 2 is 1.74 bits per heavy atom. The lowest BCUT2D eigenvalue weighted by Gasteiger charge is -2.11. The van der Waals surface area contributed by atoms with Gasteiger partial charge >= 0.3 is 0 Å². The van der Waals surface area contributed by atoms with E-state index in [4.69, 9.17) is 0 Å². The summed E-state index contributed by atoms with van der Waals surface area (Å²) in [5.41, 5.74) is 1.70. The lowest BCUT2D eigenvalue weighted by atomic mass is 10.1. The molecule has 1 N–H and O–H groups in total. The number of nitrogens with zero attached hydrogens (tertiary/aromatic N) is 1. The summed E-state index contributed by atoms with van der Waals surface area (Å²) in [5.74, 6) is -2.12. The number of anilines is 1. The Balaban J connectivity index is 2.10. The van der Waals surface area contributed by atoms with Crippen molar-refractivity contribution in [3.05, 3.63) is 65.4 Å². The van der Waals surface area contributed by atoms with Gasteiger partial charge in [-0.05, 0) is 37.6 Å². The molecule has 0 radical (unpaired) electrons. The smallest absolute Gasteiger partial charge is 0.272 e. The second-order valence-electron chi connectivity index (χ2n) is 5.29. The molecule has 0 fully saturated rings. The predicted molar refractivity (Wildman–Crippen MR) is 86.7 cm³/mol. The molecule has 0 unspecified atom stereocenters. The average Bonchev–Trinajstić information content (AvgIpc) is 2.83. The Morgan fingerprint density at radius 3 is 2.39 bits per heavy atom. The fraction of sp³-hybridized carbons (Fsp3) is 0.167. The molecular formula is C18H16F2N2O. The first kappa shape index (κ1) is 15.2. The van der Waals surface area contributed by atoms with Gasteiger partial charge in [0.05, 0.1) is 0 Å². The van der Waals surface area contributed by atoms with Gasteiger partial charge in [-0.25, -0.2) is 8.78 Å². The second-order valence-corrected chi connectivity index (χ2v) is 5.29. The minimum absolute atomic E-state index is 0.413. The van der Waals surface area contributed by atoms with Crippen LogP contribution in [0.15, 0.2) is 42.5 Å². The summed E-state index contributed by atoms with van der Waals surface area (Å²) in [7, 11) is 0. The summed E-state index contributed by atoms with van der Waals surface area (Å²) in [6.45, 7) is 4.34. The maximum Gasteiger partial charge on any atom is 0.272 e. The van der Waals surface area contributed by atoms with Crippen molar-refractivity contribution in [2.75, 3.05) is 5.32 Å². The van der Waals surface area contributed by atoms with E-state index in [9.17, 15) is 13.6 Å². The van der Waals surface area contributed by atoms with Gasteiger partial charge in [-0.3, -0.25) is 4.79 Å². The van der Waals surface area contributed by atoms with E-state index in [0.717, 1.165) is 28.6 Å². The molecule has 3 nitrogen and oxygen atoms in total. The molecule has 0 aliphatic heterocycles. The van der Waals surface area contributed by atoms with Gasteiger partial charge < -0.3 is 9.88 Å². The molecule has 3 rings (SSSR count). The number of benzene rings is 2. The molecule has 1 aromatic heterocycles. The lowest BCUT2D eigenvalue weighted by Crippen LogP contribution is -2.19. The van der Waals surface area contributed by atoms with Crippen LogP contribution >= 0.6 is 0 Å². The van der Waals surface area contributed by atoms with Gasteiger partial charge in [0.2, 0.25) is 0 Å². The van der Waals surface area contributed by atoms with E-state index >= 15 is 0 Å². The quantitative estimate of drug-likeness (QED) is 0.759. The highest BCUT2D eigenvalue weighted by atomic mass is 19.1. The van der Waals surface area contributed by atoms with Gasteiger partial charge in [-0.15, -0.1) is 0 Å². The number of carbonyl (C=O) groups is 1. The Bertz CT molecular complexity index is 879. The zero-order valence-electron chi connectivity index (χ0n) is 12.9. The molecule has 0 aliphatic rings. The number of aryl methyl sites for hydroxylation is 2. The summed E-state index contributed by atoms with van der Waals surface area (Å²) >= 11 is 0. The molecule has 0 aliphatic carbocycles. The largest absolute Gasteiger partial charge is 0.337 e. The van der Waals surface area contributed by atoms with Gasteiger partial charge in [0.15, 0.2) is 0 Å². The van der Waals surface area contributed by atoms with Crippen LogP contribution in [-0.4, -0.2) is 10.5 Å². The first-order valence-electron chi connectivity index (χ1n) is 7.37. The van der Waals surface area contributed by atoms with Crippen LogP contribution in [-0.2, 0) is 6.54 Å². The minimum Gasteiger partial charge on any atom is -0.337 e. The average molecular weight is 314 g/mol. The number of nitrogens with one attached hydrogen (secondary N) is 1. The van der Waals surface area contributed by atoms with Crippen LogP contribution in [0.1, 0.15) is 23.0 Å². The molecule has 0 saturated carbocycles. The Hall–Kier alpha value is -2.69. The molecule has 118 valence electrons. The SMILES string of the molecule is CCn1c(C(=O)Nc2c(F)cccc2F)c(C)c2ccccc21. The van der Waals surface area contributed by atoms with Crippen LogP contribution in [0.3, 0.4) is 0 Å². The second kappa shape index (κ2) is 5.83. The van der Waals surface area contributed by atoms with E-state index in [2.05, 4.69) is 5.32 Å². The van der Waals surface area contributed by atoms with Gasteiger partial charge in [0.25, 0.3) is 5.91 Å². The Kier molecular flexibility index (Phi) is 3.86. The molecule has 0 atom stereocenters. The van der Waals surface area contributed by atoms with E-state index in [-0.39, 0.29) is 0 Å². The molecule has 5 heteroatoms. The number of hydrogen-bond donors (Lipinski definition) is 1. The topological polar surface area (TPSA) is 34.0 Å². The van der Waals surface area contributed by atoms with Crippen molar-refractivity contribution >= 4 is 22.5 Å². The van der Waals surface area contributed by atoms with Crippen molar-refractivity contribution in [1.82, 2.24) is 4.57 Å². The number of amides is 1. The molecule has 3 aromatic rings. The minimum atomic E-state index is -0.796. The number of aromatic nitrogens is 1. The van der Waals surface area contributed by atoms with E-state index in [1.807, 2.05) is 42.7 Å². The lowest BCUT2D eigenvalue weighted by molar-refractivity contribution is 0.101. The van der Waals surface area contributed by atoms with Crippen molar-refractivity contribution in [1.29, 1.82) is 0 Å². The zero-order valence-corrected chi connectivity index (χ0v) is 12.9. The molecule has 0 saturated heterocycles. The summed E-state index contributed by atoms with van der Waals surface area (Å²) in [4.78, 5) is 12.6. The molecular weight excluding hydrogens is 298 g/mol. The van der Waals surface area contributed by atoms with Crippen LogP contribution in [0.4, 0.5) is 14.5 Å². The first-order valence-corrected chi connectivity index (χ1v) is 7.37. The monoisotopic (exact) mass is 314 g/mol. The van der Waals surface area contributed by atoms with Crippen LogP contribution in [0.5, 0.6) is 0 Å². The van der Waals surface area contributed by atoms with E-state index < -0.39 is 23.2 Å². The van der Waals surface area contributed by atoms with E-state index in [1.165, 1.54) is 6.07 Å². The van der Waals surface area contributed by atoms with Crippen LogP contribution in [0, 0.1) is 18.6 Å². The van der Waals surface area contributed by atoms with Crippen molar-refractivity contribution in [3.63, 3.8) is 0 Å². The van der Waals surface area contributed by atoms with Crippen molar-refractivity contribution in [3.8, 4) is 0 Å². The number of hydrogen-bond acceptors (Lipinski definition) is 1. The highest BCUT2D eigenvalue weighted by Gasteiger charge is 2.21. The Morgan fingerprint density at radius 1 is 1.09 bits per heavy atom. The van der Waals surface area contributed by atoms with Crippen LogP contribution in [0.2, 0.25) is 0 Å². The fourth-order valence-corrected chi connectivity index (χ4v) is 2.89. The van der Waals surface area contributed by atoms with Crippen LogP contribution in [0.25, 0.3) is 10.9 Å². The number of rotatable bonds is 3. The van der Waals surface area contributed by atoms with Crippen molar-refractivity contribution in [2.45, 2.75) is 20.4 Å². The molecule has 2 aromatic carbocycles. The number of fused-ring (bicyclic) bond motifs is 1.